The highest BCUT2D eigenvalue weighted by Crippen LogP contribution is 2.12. The summed E-state index contributed by atoms with van der Waals surface area (Å²) in [4.78, 5) is 14.4. The Hall–Kier alpha value is -1.95. The third-order valence-electron chi connectivity index (χ3n) is 5.01. The zero-order valence-corrected chi connectivity index (χ0v) is 15.9. The summed E-state index contributed by atoms with van der Waals surface area (Å²) in [5, 5.41) is 12.1. The molecule has 4 nitrogen and oxygen atoms in total. The molecular formula is C20H25NO3Si. The van der Waals surface area contributed by atoms with Crippen molar-refractivity contribution in [2.45, 2.75) is 19.7 Å². The maximum Gasteiger partial charge on any atom is 0.254 e. The fourth-order valence-electron chi connectivity index (χ4n) is 3.40. The van der Waals surface area contributed by atoms with E-state index in [4.69, 9.17) is 4.74 Å². The van der Waals surface area contributed by atoms with Crippen LogP contribution in [0.15, 0.2) is 48.5 Å². The number of hydrogen-bond donors (Lipinski definition) is 1. The summed E-state index contributed by atoms with van der Waals surface area (Å²) in [5.41, 5.74) is 1.72. The van der Waals surface area contributed by atoms with Gasteiger partial charge in [-0.25, -0.2) is 0 Å². The Bertz CT molecular complexity index is 737. The number of morpholine rings is 1. The number of ether oxygens (including phenoxy) is 1. The van der Waals surface area contributed by atoms with Crippen molar-refractivity contribution in [3.63, 3.8) is 0 Å². The fourth-order valence-corrected chi connectivity index (χ4v) is 6.19. The normalized spacial score (nSPS) is 15.2. The molecule has 2 aromatic carbocycles. The molecule has 0 unspecified atom stereocenters. The molecule has 1 heterocycles. The van der Waals surface area contributed by atoms with Gasteiger partial charge < -0.3 is 14.7 Å². The maximum atomic E-state index is 12.6. The van der Waals surface area contributed by atoms with Crippen molar-refractivity contribution in [2.75, 3.05) is 26.3 Å². The minimum atomic E-state index is -1.92. The number of aliphatic hydroxyl groups excluding tert-OH is 1. The fraction of sp³-hybridized carbons (Fsp3) is 0.350. The predicted octanol–water partition coefficient (Wildman–Crippen LogP) is 1.47. The van der Waals surface area contributed by atoms with Gasteiger partial charge in [0.2, 0.25) is 0 Å². The van der Waals surface area contributed by atoms with Gasteiger partial charge in [-0.15, -0.1) is 0 Å². The lowest BCUT2D eigenvalue weighted by molar-refractivity contribution is 0.0303. The monoisotopic (exact) mass is 355 g/mol. The van der Waals surface area contributed by atoms with E-state index < -0.39 is 8.07 Å². The lowest BCUT2D eigenvalue weighted by Crippen LogP contribution is -2.54. The number of aliphatic hydroxyl groups is 1. The summed E-state index contributed by atoms with van der Waals surface area (Å²) in [6.45, 7) is 7.15. The SMILES string of the molecule is C[Si](C)(c1ccc(C(=O)N2CCOCC2)cc1)c1ccccc1CO. The summed E-state index contributed by atoms with van der Waals surface area (Å²) >= 11 is 0. The number of nitrogens with zero attached hydrogens (tertiary/aromatic N) is 1. The molecule has 0 aliphatic carbocycles. The average molecular weight is 356 g/mol. The Labute approximate surface area is 150 Å². The van der Waals surface area contributed by atoms with Crippen LogP contribution in [0.2, 0.25) is 13.1 Å². The molecule has 0 radical (unpaired) electrons. The van der Waals surface area contributed by atoms with Gasteiger partial charge in [-0.2, -0.15) is 0 Å². The van der Waals surface area contributed by atoms with Gasteiger partial charge in [0.05, 0.1) is 19.8 Å². The number of benzene rings is 2. The molecule has 1 amide bonds. The zero-order valence-electron chi connectivity index (χ0n) is 14.9. The van der Waals surface area contributed by atoms with Gasteiger partial charge in [0.1, 0.15) is 8.07 Å². The van der Waals surface area contributed by atoms with Crippen LogP contribution in [0.1, 0.15) is 15.9 Å². The van der Waals surface area contributed by atoms with E-state index in [-0.39, 0.29) is 12.5 Å². The highest BCUT2D eigenvalue weighted by molar-refractivity contribution is 7.00. The van der Waals surface area contributed by atoms with Crippen LogP contribution in [0.5, 0.6) is 0 Å². The van der Waals surface area contributed by atoms with Gasteiger partial charge in [-0.05, 0) is 22.9 Å². The van der Waals surface area contributed by atoms with Gasteiger partial charge in [-0.1, -0.05) is 54.7 Å². The number of carbonyl (C=O) groups excluding carboxylic acids is 1. The van der Waals surface area contributed by atoms with Crippen molar-refractivity contribution < 1.29 is 14.6 Å². The molecule has 1 saturated heterocycles. The molecule has 0 aromatic heterocycles. The molecular weight excluding hydrogens is 330 g/mol. The Morgan fingerprint density at radius 2 is 1.72 bits per heavy atom. The number of rotatable bonds is 4. The molecule has 1 N–H and O–H groups in total. The second-order valence-corrected chi connectivity index (χ2v) is 11.3. The van der Waals surface area contributed by atoms with E-state index >= 15 is 0 Å². The number of amides is 1. The Morgan fingerprint density at radius 3 is 2.36 bits per heavy atom. The molecule has 3 rings (SSSR count). The first-order chi connectivity index (χ1) is 12.0. The zero-order chi connectivity index (χ0) is 17.9. The van der Waals surface area contributed by atoms with Crippen molar-refractivity contribution in [3.8, 4) is 0 Å². The molecule has 0 spiro atoms. The third-order valence-corrected chi connectivity index (χ3v) is 8.62. The van der Waals surface area contributed by atoms with Crippen LogP contribution in [-0.2, 0) is 11.3 Å². The highest BCUT2D eigenvalue weighted by Gasteiger charge is 2.28. The van der Waals surface area contributed by atoms with Gasteiger partial charge in [0, 0.05) is 18.7 Å². The maximum absolute atomic E-state index is 12.6. The summed E-state index contributed by atoms with van der Waals surface area (Å²) < 4.78 is 5.31. The van der Waals surface area contributed by atoms with Gasteiger partial charge >= 0.3 is 0 Å². The van der Waals surface area contributed by atoms with Crippen molar-refractivity contribution in [1.29, 1.82) is 0 Å². The van der Waals surface area contributed by atoms with E-state index in [1.165, 1.54) is 10.4 Å². The first-order valence-electron chi connectivity index (χ1n) is 8.71. The van der Waals surface area contributed by atoms with Gasteiger partial charge in [-0.3, -0.25) is 4.79 Å². The predicted molar refractivity (Wildman–Crippen MR) is 102 cm³/mol. The molecule has 1 aliphatic heterocycles. The summed E-state index contributed by atoms with van der Waals surface area (Å²) in [7, 11) is -1.92. The number of carbonyl (C=O) groups is 1. The Kier molecular flexibility index (Phi) is 5.37. The molecule has 2 aromatic rings. The van der Waals surface area contributed by atoms with Crippen molar-refractivity contribution in [2.24, 2.45) is 0 Å². The topological polar surface area (TPSA) is 49.8 Å². The number of hydrogen-bond acceptors (Lipinski definition) is 3. The van der Waals surface area contributed by atoms with Crippen molar-refractivity contribution in [1.82, 2.24) is 4.90 Å². The van der Waals surface area contributed by atoms with Gasteiger partial charge in [0.15, 0.2) is 0 Å². The van der Waals surface area contributed by atoms with Crippen LogP contribution >= 0.6 is 0 Å². The first-order valence-corrected chi connectivity index (χ1v) is 11.7. The lowest BCUT2D eigenvalue weighted by Gasteiger charge is -2.28. The van der Waals surface area contributed by atoms with Crippen LogP contribution in [0.25, 0.3) is 0 Å². The first kappa shape index (κ1) is 17.9. The Morgan fingerprint density at radius 1 is 1.08 bits per heavy atom. The minimum Gasteiger partial charge on any atom is -0.392 e. The molecule has 1 fully saturated rings. The van der Waals surface area contributed by atoms with E-state index in [2.05, 4.69) is 31.3 Å². The second-order valence-electron chi connectivity index (χ2n) is 6.92. The smallest absolute Gasteiger partial charge is 0.254 e. The van der Waals surface area contributed by atoms with Crippen LogP contribution in [0.3, 0.4) is 0 Å². The van der Waals surface area contributed by atoms with E-state index in [1.807, 2.05) is 35.2 Å². The lowest BCUT2D eigenvalue weighted by atomic mass is 10.2. The Balaban J connectivity index is 1.84. The molecule has 5 heteroatoms. The molecule has 0 saturated carbocycles. The summed E-state index contributed by atoms with van der Waals surface area (Å²) in [5.74, 6) is 0.0741. The summed E-state index contributed by atoms with van der Waals surface area (Å²) in [6.07, 6.45) is 0. The van der Waals surface area contributed by atoms with E-state index in [9.17, 15) is 9.90 Å². The average Bonchev–Trinajstić information content (AvgIpc) is 2.68. The highest BCUT2D eigenvalue weighted by atomic mass is 28.3. The minimum absolute atomic E-state index is 0.0558. The second kappa shape index (κ2) is 7.52. The van der Waals surface area contributed by atoms with E-state index in [0.29, 0.717) is 26.3 Å². The van der Waals surface area contributed by atoms with E-state index in [0.717, 1.165) is 11.1 Å². The molecule has 1 aliphatic rings. The molecule has 25 heavy (non-hydrogen) atoms. The molecule has 0 bridgehead atoms. The van der Waals surface area contributed by atoms with Crippen LogP contribution in [0, 0.1) is 0 Å². The van der Waals surface area contributed by atoms with E-state index in [1.54, 1.807) is 0 Å². The van der Waals surface area contributed by atoms with Crippen LogP contribution in [-0.4, -0.2) is 50.3 Å². The largest absolute Gasteiger partial charge is 0.392 e. The van der Waals surface area contributed by atoms with Crippen molar-refractivity contribution in [3.05, 3.63) is 59.7 Å². The third kappa shape index (κ3) is 3.68. The summed E-state index contributed by atoms with van der Waals surface area (Å²) in [6, 6.07) is 16.1. The standard InChI is InChI=1S/C20H25NO3Si/c1-25(2,19-6-4-3-5-17(19)15-22)18-9-7-16(8-10-18)20(23)21-11-13-24-14-12-21/h3-10,22H,11-15H2,1-2H3. The van der Waals surface area contributed by atoms with Crippen LogP contribution in [0.4, 0.5) is 0 Å². The van der Waals surface area contributed by atoms with Crippen molar-refractivity contribution >= 4 is 24.4 Å². The van der Waals surface area contributed by atoms with Crippen LogP contribution < -0.4 is 10.4 Å². The quantitative estimate of drug-likeness (QED) is 0.845. The molecule has 132 valence electrons. The molecule has 0 atom stereocenters. The van der Waals surface area contributed by atoms with Gasteiger partial charge in [0.25, 0.3) is 5.91 Å².